The normalized spacial score (nSPS) is 13.3. The number of hydrogen-bond donors (Lipinski definition) is 0. The number of carbonyl (C=O) groups is 2. The number of para-hydroxylation sites is 1. The summed E-state index contributed by atoms with van der Waals surface area (Å²) in [5.74, 6) is -0.185. The van der Waals surface area contributed by atoms with Crippen molar-refractivity contribution in [3.8, 4) is 0 Å². The lowest BCUT2D eigenvalue weighted by Crippen LogP contribution is -2.10. The van der Waals surface area contributed by atoms with Crippen molar-refractivity contribution in [1.29, 1.82) is 0 Å². The van der Waals surface area contributed by atoms with Crippen LogP contribution in [0.25, 0.3) is 21.5 Å². The summed E-state index contributed by atoms with van der Waals surface area (Å²) in [4.78, 5) is 22.4. The summed E-state index contributed by atoms with van der Waals surface area (Å²) in [7, 11) is -1.74. The number of rotatable bonds is 0. The fourth-order valence-electron chi connectivity index (χ4n) is 3.01. The molecule has 1 aliphatic carbocycles. The van der Waals surface area contributed by atoms with Crippen LogP contribution in [0.5, 0.6) is 0 Å². The smallest absolute Gasteiger partial charge is 0.289 e. The Kier molecular flexibility index (Phi) is 4.49. The molecule has 5 rings (SSSR count). The molecule has 4 nitrogen and oxygen atoms in total. The predicted octanol–water partition coefficient (Wildman–Crippen LogP) is 5.95. The first kappa shape index (κ1) is 17.1. The highest BCUT2D eigenvalue weighted by Gasteiger charge is 2.17. The second kappa shape index (κ2) is 7.10. The monoisotopic (exact) mass is 373 g/mol. The molecule has 0 radical (unpaired) electrons. The lowest BCUT2D eigenvalue weighted by atomic mass is 9.95. The van der Waals surface area contributed by atoms with Crippen LogP contribution in [0.1, 0.15) is 20.7 Å². The van der Waals surface area contributed by atoms with Gasteiger partial charge in [0.05, 0.1) is 0 Å². The minimum Gasteiger partial charge on any atom is -0.289 e. The first-order chi connectivity index (χ1) is 13.1. The second-order valence-electron chi connectivity index (χ2n) is 5.97. The van der Waals surface area contributed by atoms with E-state index in [2.05, 4.69) is 0 Å². The van der Waals surface area contributed by atoms with Crippen LogP contribution in [-0.2, 0) is 4.57 Å². The number of allylic oxidation sites excluding steroid dienone is 2. The molecule has 1 aliphatic rings. The van der Waals surface area contributed by atoms with Crippen molar-refractivity contribution >= 4 is 40.7 Å². The van der Waals surface area contributed by atoms with E-state index >= 15 is 0 Å². The molecule has 0 spiro atoms. The van der Waals surface area contributed by atoms with Gasteiger partial charge in [-0.15, -0.1) is 0 Å². The average molecular weight is 373 g/mol. The van der Waals surface area contributed by atoms with E-state index in [9.17, 15) is 14.2 Å². The summed E-state index contributed by atoms with van der Waals surface area (Å²) in [5.41, 5.74) is 1.72. The molecule has 0 amide bonds. The van der Waals surface area contributed by atoms with E-state index in [1.807, 2.05) is 48.5 Å². The van der Waals surface area contributed by atoms with Crippen molar-refractivity contribution in [2.75, 3.05) is 0 Å². The van der Waals surface area contributed by atoms with Gasteiger partial charge < -0.3 is 0 Å². The third-order valence-electron chi connectivity index (χ3n) is 4.30. The molecule has 0 aliphatic heterocycles. The summed E-state index contributed by atoms with van der Waals surface area (Å²) < 4.78 is 17.1. The first-order valence-corrected chi connectivity index (χ1v) is 9.52. The largest absolute Gasteiger partial charge is 0.597 e. The molecule has 5 heteroatoms. The maximum Gasteiger partial charge on any atom is 0.597 e. The van der Waals surface area contributed by atoms with E-state index in [-0.39, 0.29) is 11.6 Å². The van der Waals surface area contributed by atoms with E-state index in [1.165, 1.54) is 12.2 Å². The standard InChI is InChI=1S/C12H8O2P.C10H6O2/c13-15-12-8-4-2-6-10(12)9-5-1-3-7-11(9)14-15;11-9-5-6-10(12)8-4-2-1-3-7(8)9/h1-8H;1-6H/q+1;. The Morgan fingerprint density at radius 2 is 1.15 bits per heavy atom. The van der Waals surface area contributed by atoms with Gasteiger partial charge in [-0.05, 0) is 34.9 Å². The van der Waals surface area contributed by atoms with E-state index in [4.69, 9.17) is 4.20 Å². The summed E-state index contributed by atoms with van der Waals surface area (Å²) in [6.07, 6.45) is 2.62. The van der Waals surface area contributed by atoms with Gasteiger partial charge in [0.15, 0.2) is 17.1 Å². The van der Waals surface area contributed by atoms with E-state index in [0.29, 0.717) is 16.7 Å². The molecule has 1 atom stereocenters. The summed E-state index contributed by atoms with van der Waals surface area (Å²) in [5, 5.41) is 2.81. The summed E-state index contributed by atoms with van der Waals surface area (Å²) >= 11 is 0. The van der Waals surface area contributed by atoms with Crippen LogP contribution < -0.4 is 0 Å². The molecule has 0 saturated carbocycles. The third kappa shape index (κ3) is 3.23. The quantitative estimate of drug-likeness (QED) is 0.357. The number of fused-ring (bicyclic) bond motifs is 4. The van der Waals surface area contributed by atoms with Gasteiger partial charge in [0.1, 0.15) is 0 Å². The lowest BCUT2D eigenvalue weighted by Gasteiger charge is -2.06. The highest BCUT2D eigenvalue weighted by Crippen LogP contribution is 2.34. The average Bonchev–Trinajstić information content (AvgIpc) is 2.72. The minimum atomic E-state index is -1.74. The fraction of sp³-hybridized carbons (Fsp3) is 0. The van der Waals surface area contributed by atoms with Crippen LogP contribution in [0.4, 0.5) is 0 Å². The zero-order chi connectivity index (χ0) is 18.8. The Morgan fingerprint density at radius 1 is 0.630 bits per heavy atom. The van der Waals surface area contributed by atoms with Gasteiger partial charge in [0.2, 0.25) is 5.12 Å². The Hall–Kier alpha value is -3.36. The highest BCUT2D eigenvalue weighted by molar-refractivity contribution is 7.37. The van der Waals surface area contributed by atoms with Crippen LogP contribution in [0.15, 0.2) is 89.1 Å². The van der Waals surface area contributed by atoms with Crippen molar-refractivity contribution in [2.45, 2.75) is 0 Å². The van der Waals surface area contributed by atoms with E-state index in [1.54, 1.807) is 24.3 Å². The molecule has 0 N–H and O–H groups in total. The molecule has 0 fully saturated rings. The van der Waals surface area contributed by atoms with Crippen molar-refractivity contribution in [2.24, 2.45) is 0 Å². The van der Waals surface area contributed by atoms with Crippen molar-refractivity contribution in [3.63, 3.8) is 0 Å². The van der Waals surface area contributed by atoms with E-state index < -0.39 is 7.65 Å². The molecule has 0 saturated heterocycles. The molecular formula is C22H14O4P+. The molecule has 0 bridgehead atoms. The Labute approximate surface area is 155 Å². The molecule has 130 valence electrons. The van der Waals surface area contributed by atoms with Gasteiger partial charge in [-0.2, -0.15) is 0 Å². The fourth-order valence-corrected chi connectivity index (χ4v) is 4.05. The number of carbonyl (C=O) groups excluding carboxylic acids is 2. The lowest BCUT2D eigenvalue weighted by molar-refractivity contribution is 0.0994. The van der Waals surface area contributed by atoms with Crippen molar-refractivity contribution in [3.05, 3.63) is 96.1 Å². The van der Waals surface area contributed by atoms with Gasteiger partial charge in [-0.1, -0.05) is 54.6 Å². The van der Waals surface area contributed by atoms with Gasteiger partial charge >= 0.3 is 7.65 Å². The molecular weight excluding hydrogens is 359 g/mol. The van der Waals surface area contributed by atoms with Crippen LogP contribution in [-0.4, -0.2) is 11.6 Å². The van der Waals surface area contributed by atoms with Crippen LogP contribution in [0.3, 0.4) is 0 Å². The van der Waals surface area contributed by atoms with Crippen LogP contribution >= 0.6 is 7.65 Å². The maximum absolute atomic E-state index is 11.8. The summed E-state index contributed by atoms with van der Waals surface area (Å²) in [6, 6.07) is 22.2. The zero-order valence-corrected chi connectivity index (χ0v) is 15.1. The molecule has 1 heterocycles. The van der Waals surface area contributed by atoms with Gasteiger partial charge in [0, 0.05) is 21.9 Å². The first-order valence-electron chi connectivity index (χ1n) is 8.34. The van der Waals surface area contributed by atoms with Crippen molar-refractivity contribution in [1.82, 2.24) is 0 Å². The number of hydrogen-bond acceptors (Lipinski definition) is 4. The third-order valence-corrected chi connectivity index (χ3v) is 5.45. The Morgan fingerprint density at radius 3 is 1.81 bits per heavy atom. The highest BCUT2D eigenvalue weighted by atomic mass is 31.1. The van der Waals surface area contributed by atoms with E-state index in [0.717, 1.165) is 15.9 Å². The molecule has 4 aromatic rings. The van der Waals surface area contributed by atoms with Crippen molar-refractivity contribution < 1.29 is 18.4 Å². The SMILES string of the molecule is O=C1C=CC(=O)c2ccccc21.O=[p+]1oc2ccccc2c2ccccc21. The van der Waals surface area contributed by atoms with Crippen LogP contribution in [0, 0.1) is 0 Å². The van der Waals surface area contributed by atoms with Gasteiger partial charge in [-0.25, -0.2) is 4.20 Å². The van der Waals surface area contributed by atoms with Crippen LogP contribution in [0.2, 0.25) is 0 Å². The zero-order valence-electron chi connectivity index (χ0n) is 14.2. The second-order valence-corrected chi connectivity index (χ2v) is 7.15. The molecule has 3 aromatic carbocycles. The van der Waals surface area contributed by atoms with Gasteiger partial charge in [-0.3, -0.25) is 9.59 Å². The number of ketones is 2. The Balaban J connectivity index is 0.000000137. The predicted molar refractivity (Wildman–Crippen MR) is 106 cm³/mol. The minimum absolute atomic E-state index is 0.0924. The molecule has 1 aromatic heterocycles. The Bertz CT molecular complexity index is 1250. The molecule has 27 heavy (non-hydrogen) atoms. The molecule has 1 unspecified atom stereocenters. The van der Waals surface area contributed by atoms with Gasteiger partial charge in [0.25, 0.3) is 0 Å². The maximum atomic E-state index is 11.8. The summed E-state index contributed by atoms with van der Waals surface area (Å²) in [6.45, 7) is 0. The topological polar surface area (TPSA) is 64.3 Å². The number of benzene rings is 3.